The molecule has 2 fully saturated rings. The molecule has 0 aromatic heterocycles. The molecule has 0 spiro atoms. The average molecular weight is 710 g/mol. The number of phenolic OH excluding ortho intramolecular Hbond substituents is 1. The predicted octanol–water partition coefficient (Wildman–Crippen LogP) is 4.90. The van der Waals surface area contributed by atoms with Crippen molar-refractivity contribution in [2.45, 2.75) is 57.2 Å². The Balaban J connectivity index is 1.14. The number of nitrogens with one attached hydrogen (secondary N) is 1. The molecule has 4 N–H and O–H groups in total. The number of carbonyl (C=O) groups excluding carboxylic acids is 3. The molecule has 6 atom stereocenters. The van der Waals surface area contributed by atoms with Gasteiger partial charge in [-0.3, -0.25) is 9.59 Å². The Hall–Kier alpha value is -5.11. The van der Waals surface area contributed by atoms with Gasteiger partial charge in [-0.25, -0.2) is 9.69 Å². The Morgan fingerprint density at radius 1 is 0.942 bits per heavy atom. The lowest BCUT2D eigenvalue weighted by Crippen LogP contribution is -2.44. The summed E-state index contributed by atoms with van der Waals surface area (Å²) in [6, 6.07) is 29.0. The van der Waals surface area contributed by atoms with Crippen LogP contribution in [-0.2, 0) is 37.0 Å². The first-order valence-electron chi connectivity index (χ1n) is 17.2. The zero-order chi connectivity index (χ0) is 36.8. The summed E-state index contributed by atoms with van der Waals surface area (Å²) in [5, 5.41) is 32.8. The first-order chi connectivity index (χ1) is 25.1. The standard InChI is InChI=1S/C40H43N3O9/c1-25-35(22-42(2)21-34(46)30-9-6-10-32(45)19-30)51-39(52-37(25)28-13-11-26(23-44)12-14-28)29-15-17-31(18-16-29)43-36(47)20-33(38(43)48)41-40(49)50-24-27-7-4-3-5-8-27/h3-19,25,33-35,37,39,44-46H,20-24H2,1-2H3,(H,41,49)/t25-,33?,34-,35+,37+,39+/m1/s1. The van der Waals surface area contributed by atoms with Gasteiger partial charge in [0.15, 0.2) is 6.29 Å². The number of anilines is 1. The van der Waals surface area contributed by atoms with Crippen LogP contribution in [0.25, 0.3) is 0 Å². The SMILES string of the molecule is C[C@@H]1[C@H](CN(C)C[C@@H](O)c2cccc(O)c2)O[C@H](c2ccc(N3C(=O)CC(NC(=O)OCc4ccccc4)C3=O)cc2)O[C@@H]1c1ccc(CO)cc1. The van der Waals surface area contributed by atoms with Gasteiger partial charge in [0.25, 0.3) is 5.91 Å². The molecular weight excluding hydrogens is 666 g/mol. The highest BCUT2D eigenvalue weighted by Gasteiger charge is 2.42. The van der Waals surface area contributed by atoms with Crippen LogP contribution in [0.1, 0.15) is 59.7 Å². The van der Waals surface area contributed by atoms with E-state index in [1.54, 1.807) is 48.5 Å². The third kappa shape index (κ3) is 8.67. The van der Waals surface area contributed by atoms with Crippen LogP contribution in [0, 0.1) is 5.92 Å². The zero-order valence-corrected chi connectivity index (χ0v) is 29.0. The Kier molecular flexibility index (Phi) is 11.6. The monoisotopic (exact) mass is 709 g/mol. The van der Waals surface area contributed by atoms with Crippen molar-refractivity contribution in [3.63, 3.8) is 0 Å². The number of benzene rings is 4. The van der Waals surface area contributed by atoms with E-state index in [1.165, 1.54) is 0 Å². The zero-order valence-electron chi connectivity index (χ0n) is 29.0. The first-order valence-corrected chi connectivity index (χ1v) is 17.2. The second-order valence-corrected chi connectivity index (χ2v) is 13.3. The Morgan fingerprint density at radius 2 is 1.65 bits per heavy atom. The highest BCUT2D eigenvalue weighted by Crippen LogP contribution is 2.42. The minimum atomic E-state index is -1.05. The van der Waals surface area contributed by atoms with Gasteiger partial charge in [0.05, 0.1) is 37.0 Å². The second kappa shape index (κ2) is 16.5. The highest BCUT2D eigenvalue weighted by molar-refractivity contribution is 6.22. The average Bonchev–Trinajstić information content (AvgIpc) is 3.43. The summed E-state index contributed by atoms with van der Waals surface area (Å²) in [7, 11) is 1.89. The van der Waals surface area contributed by atoms with Gasteiger partial charge in [-0.15, -0.1) is 0 Å². The number of phenols is 1. The molecule has 272 valence electrons. The van der Waals surface area contributed by atoms with Gasteiger partial charge >= 0.3 is 6.09 Å². The summed E-state index contributed by atoms with van der Waals surface area (Å²) in [6.07, 6.45) is -3.33. The fourth-order valence-corrected chi connectivity index (χ4v) is 6.55. The molecule has 12 nitrogen and oxygen atoms in total. The molecule has 0 radical (unpaired) electrons. The van der Waals surface area contributed by atoms with Crippen LogP contribution in [0.5, 0.6) is 5.75 Å². The van der Waals surface area contributed by atoms with E-state index in [0.717, 1.165) is 21.6 Å². The lowest BCUT2D eigenvalue weighted by Gasteiger charge is -2.42. The van der Waals surface area contributed by atoms with E-state index < -0.39 is 36.3 Å². The van der Waals surface area contributed by atoms with E-state index in [2.05, 4.69) is 5.32 Å². The van der Waals surface area contributed by atoms with E-state index in [9.17, 15) is 29.7 Å². The van der Waals surface area contributed by atoms with Crippen LogP contribution < -0.4 is 10.2 Å². The fourth-order valence-electron chi connectivity index (χ4n) is 6.55. The van der Waals surface area contributed by atoms with E-state index >= 15 is 0 Å². The summed E-state index contributed by atoms with van der Waals surface area (Å²) in [6.45, 7) is 2.75. The maximum absolute atomic E-state index is 13.3. The number of aromatic hydroxyl groups is 1. The summed E-state index contributed by atoms with van der Waals surface area (Å²) in [4.78, 5) is 41.7. The summed E-state index contributed by atoms with van der Waals surface area (Å²) < 4.78 is 18.3. The Bertz CT molecular complexity index is 1840. The third-order valence-corrected chi connectivity index (χ3v) is 9.43. The summed E-state index contributed by atoms with van der Waals surface area (Å²) in [5.41, 5.74) is 4.10. The van der Waals surface area contributed by atoms with Gasteiger partial charge in [0, 0.05) is 24.6 Å². The topological polar surface area (TPSA) is 158 Å². The van der Waals surface area contributed by atoms with Crippen LogP contribution in [0.3, 0.4) is 0 Å². The van der Waals surface area contributed by atoms with Crippen molar-refractivity contribution >= 4 is 23.6 Å². The van der Waals surface area contributed by atoms with Gasteiger partial charge in [0.1, 0.15) is 18.4 Å². The number of ether oxygens (including phenoxy) is 3. The molecule has 52 heavy (non-hydrogen) atoms. The van der Waals surface area contributed by atoms with Gasteiger partial charge < -0.3 is 39.7 Å². The molecule has 2 heterocycles. The number of nitrogens with zero attached hydrogens (tertiary/aromatic N) is 2. The predicted molar refractivity (Wildman–Crippen MR) is 191 cm³/mol. The molecule has 2 saturated heterocycles. The molecule has 0 saturated carbocycles. The van der Waals surface area contributed by atoms with Crippen molar-refractivity contribution in [1.29, 1.82) is 0 Å². The van der Waals surface area contributed by atoms with Gasteiger partial charge in [-0.05, 0) is 53.6 Å². The van der Waals surface area contributed by atoms with Gasteiger partial charge in [-0.2, -0.15) is 0 Å². The van der Waals surface area contributed by atoms with Crippen molar-refractivity contribution in [2.75, 3.05) is 25.0 Å². The number of alkyl carbamates (subject to hydrolysis) is 1. The number of hydrogen-bond acceptors (Lipinski definition) is 10. The number of aliphatic hydroxyl groups is 2. The minimum absolute atomic E-state index is 0.0315. The van der Waals surface area contributed by atoms with Crippen molar-refractivity contribution in [3.8, 4) is 5.75 Å². The van der Waals surface area contributed by atoms with Crippen molar-refractivity contribution in [3.05, 3.63) is 131 Å². The molecule has 6 rings (SSSR count). The van der Waals surface area contributed by atoms with Gasteiger partial charge in [0.2, 0.25) is 5.91 Å². The molecule has 2 aliphatic heterocycles. The lowest BCUT2D eigenvalue weighted by atomic mass is 9.90. The molecule has 0 bridgehead atoms. The van der Waals surface area contributed by atoms with Crippen LogP contribution >= 0.6 is 0 Å². The maximum atomic E-state index is 13.3. The van der Waals surface area contributed by atoms with Crippen LogP contribution in [0.2, 0.25) is 0 Å². The number of imide groups is 1. The Labute approximate surface area is 302 Å². The molecular formula is C40H43N3O9. The minimum Gasteiger partial charge on any atom is -0.508 e. The Morgan fingerprint density at radius 3 is 2.35 bits per heavy atom. The molecule has 0 aliphatic carbocycles. The van der Waals surface area contributed by atoms with E-state index in [4.69, 9.17) is 14.2 Å². The number of hydrogen-bond donors (Lipinski definition) is 4. The van der Waals surface area contributed by atoms with E-state index in [-0.39, 0.29) is 43.5 Å². The maximum Gasteiger partial charge on any atom is 0.408 e. The molecule has 12 heteroatoms. The third-order valence-electron chi connectivity index (χ3n) is 9.43. The van der Waals surface area contributed by atoms with Crippen molar-refractivity contribution < 1.29 is 43.9 Å². The molecule has 4 aromatic carbocycles. The number of carbonyl (C=O) groups is 3. The molecule has 1 unspecified atom stereocenters. The smallest absolute Gasteiger partial charge is 0.408 e. The highest BCUT2D eigenvalue weighted by atomic mass is 16.7. The van der Waals surface area contributed by atoms with Crippen molar-refractivity contribution in [1.82, 2.24) is 10.2 Å². The largest absolute Gasteiger partial charge is 0.508 e. The van der Waals surface area contributed by atoms with Gasteiger partial charge in [-0.1, -0.05) is 85.8 Å². The molecule has 3 amide bonds. The first kappa shape index (κ1) is 36.7. The number of rotatable bonds is 12. The van der Waals surface area contributed by atoms with Crippen molar-refractivity contribution in [2.24, 2.45) is 5.92 Å². The fraction of sp³-hybridized carbons (Fsp3) is 0.325. The van der Waals surface area contributed by atoms with Crippen LogP contribution in [0.4, 0.5) is 10.5 Å². The summed E-state index contributed by atoms with van der Waals surface area (Å²) in [5.74, 6) is -1.04. The number of likely N-dealkylation sites (N-methyl/N-ethyl adjacent to an activating group) is 1. The van der Waals surface area contributed by atoms with E-state index in [1.807, 2.05) is 73.5 Å². The lowest BCUT2D eigenvalue weighted by molar-refractivity contribution is -0.276. The second-order valence-electron chi connectivity index (χ2n) is 13.3. The molecule has 2 aliphatic rings. The van der Waals surface area contributed by atoms with E-state index in [0.29, 0.717) is 29.9 Å². The summed E-state index contributed by atoms with van der Waals surface area (Å²) >= 11 is 0. The molecule has 4 aromatic rings. The number of aliphatic hydroxyl groups excluding tert-OH is 2. The van der Waals surface area contributed by atoms with Crippen LogP contribution in [0.15, 0.2) is 103 Å². The van der Waals surface area contributed by atoms with Crippen LogP contribution in [-0.4, -0.2) is 70.4 Å². The quantitative estimate of drug-likeness (QED) is 0.149. The normalized spacial score (nSPS) is 22.4. The number of amides is 3.